The lowest BCUT2D eigenvalue weighted by molar-refractivity contribution is -0.152. The molecule has 5 rings (SSSR count). The van der Waals surface area contributed by atoms with Crippen molar-refractivity contribution in [1.29, 1.82) is 0 Å². The Morgan fingerprint density at radius 1 is 1.28 bits per heavy atom. The molecule has 2 aliphatic heterocycles. The minimum absolute atomic E-state index is 0.0361. The van der Waals surface area contributed by atoms with Crippen molar-refractivity contribution in [2.75, 3.05) is 25.4 Å². The highest BCUT2D eigenvalue weighted by molar-refractivity contribution is 7.84. The zero-order valence-corrected chi connectivity index (χ0v) is 25.9. The molecule has 250 valence electrons. The highest BCUT2D eigenvalue weighted by Crippen LogP contribution is 2.25. The number of hydrogen-bond donors (Lipinski definition) is 6. The molecule has 47 heavy (non-hydrogen) atoms. The molecule has 3 aromatic rings. The number of carbonyl (C=O) groups excluding carboxylic acids is 2. The number of rotatable bonds is 14. The first-order valence-corrected chi connectivity index (χ1v) is 16.1. The monoisotopic (exact) mass is 691 g/mol. The third-order valence-corrected chi connectivity index (χ3v) is 8.60. The van der Waals surface area contributed by atoms with Gasteiger partial charge in [-0.2, -0.15) is 13.5 Å². The van der Waals surface area contributed by atoms with Crippen LogP contribution in [0.5, 0.6) is 5.75 Å². The Kier molecular flexibility index (Phi) is 9.93. The number of aliphatic carboxylic acids is 1. The molecule has 1 aromatic carbocycles. The van der Waals surface area contributed by atoms with Crippen molar-refractivity contribution in [3.05, 3.63) is 53.6 Å². The van der Waals surface area contributed by atoms with Crippen molar-refractivity contribution in [2.45, 2.75) is 37.2 Å². The van der Waals surface area contributed by atoms with Crippen LogP contribution in [0.4, 0.5) is 5.13 Å². The number of carboxylic acids is 1. The molecule has 4 heterocycles. The molecule has 22 heteroatoms. The van der Waals surface area contributed by atoms with Crippen LogP contribution in [0.15, 0.2) is 52.4 Å². The van der Waals surface area contributed by atoms with E-state index in [1.54, 1.807) is 24.3 Å². The normalized spacial score (nSPS) is 20.8. The summed E-state index contributed by atoms with van der Waals surface area (Å²) in [5.74, 6) is -3.05. The predicted octanol–water partition coefficient (Wildman–Crippen LogP) is -2.16. The average molecular weight is 692 g/mol. The van der Waals surface area contributed by atoms with Gasteiger partial charge in [-0.05, 0) is 37.2 Å². The predicted molar refractivity (Wildman–Crippen MR) is 164 cm³/mol. The van der Waals surface area contributed by atoms with Gasteiger partial charge in [0.15, 0.2) is 10.8 Å². The summed E-state index contributed by atoms with van der Waals surface area (Å²) in [7, 11) is -4.98. The minimum atomic E-state index is -4.98. The maximum Gasteiger partial charge on any atom is 0.362 e. The SMILES string of the molecule is NC(=N[C@H]1CCNC1)c1ccc(OC[C@H](O/N=C(\C(=O)N[C@@H]2C(=O)N(S(=O)(=O)O)[C@@H]2Cn2cncn2)c2csc(N)n2)C(=O)O)cc1. The molecule has 0 unspecified atom stereocenters. The molecular formula is C25H29N11O9S2. The first-order chi connectivity index (χ1) is 22.4. The van der Waals surface area contributed by atoms with E-state index in [9.17, 15) is 32.5 Å². The second-order valence-electron chi connectivity index (χ2n) is 10.2. The Hall–Kier alpha value is -5.19. The largest absolute Gasteiger partial charge is 0.489 e. The molecule has 0 saturated carbocycles. The summed E-state index contributed by atoms with van der Waals surface area (Å²) in [6.45, 7) is 0.820. The van der Waals surface area contributed by atoms with Crippen LogP contribution in [0, 0.1) is 0 Å². The molecule has 20 nitrogen and oxygen atoms in total. The summed E-state index contributed by atoms with van der Waals surface area (Å²) in [6, 6.07) is 3.82. The number of β-lactam (4-membered cyclic amide) rings is 1. The number of nitrogens with zero attached hydrogens (tertiary/aromatic N) is 7. The van der Waals surface area contributed by atoms with Crippen molar-refractivity contribution >= 4 is 56.1 Å². The molecule has 8 N–H and O–H groups in total. The van der Waals surface area contributed by atoms with Crippen LogP contribution in [0.25, 0.3) is 0 Å². The van der Waals surface area contributed by atoms with E-state index in [2.05, 4.69) is 35.8 Å². The number of amides is 2. The first-order valence-electron chi connectivity index (χ1n) is 13.8. The fraction of sp³-hybridized carbons (Fsp3) is 0.360. The molecule has 0 radical (unpaired) electrons. The summed E-state index contributed by atoms with van der Waals surface area (Å²) < 4.78 is 40.1. The number of aliphatic imine (C=N–C) groups is 1. The van der Waals surface area contributed by atoms with Gasteiger partial charge >= 0.3 is 16.3 Å². The third kappa shape index (κ3) is 7.97. The van der Waals surface area contributed by atoms with Crippen molar-refractivity contribution in [3.63, 3.8) is 0 Å². The van der Waals surface area contributed by atoms with Gasteiger partial charge in [0.1, 0.15) is 42.6 Å². The number of nitrogens with two attached hydrogens (primary N) is 2. The Morgan fingerprint density at radius 3 is 2.64 bits per heavy atom. The lowest BCUT2D eigenvalue weighted by Crippen LogP contribution is -2.73. The van der Waals surface area contributed by atoms with E-state index in [0.717, 1.165) is 30.8 Å². The van der Waals surface area contributed by atoms with Crippen LogP contribution in [0.3, 0.4) is 0 Å². The summed E-state index contributed by atoms with van der Waals surface area (Å²) in [4.78, 5) is 55.4. The fourth-order valence-corrected chi connectivity index (χ4v) is 6.07. The standard InChI is InChI=1S/C25H29N11O9S2/c26-21(31-14-5-6-28-7-14)13-1-3-15(4-2-13)44-9-18(24(39)40)45-34-19(16-10-46-25(27)32-16)22(37)33-20-17(8-35-12-29-11-30-35)36(23(20)38)47(41,42)43/h1-4,10-12,14,17-18,20,28H,5-9H2,(H2,26,31)(H2,27,32)(H,33,37)(H,39,40)(H,41,42,43)/b34-19-/t14-,17+,18-,20-/m0/s1. The molecule has 2 fully saturated rings. The van der Waals surface area contributed by atoms with Gasteiger partial charge < -0.3 is 36.8 Å². The van der Waals surface area contributed by atoms with E-state index >= 15 is 0 Å². The smallest absolute Gasteiger partial charge is 0.362 e. The second-order valence-corrected chi connectivity index (χ2v) is 12.4. The van der Waals surface area contributed by atoms with Gasteiger partial charge in [-0.1, -0.05) is 5.16 Å². The summed E-state index contributed by atoms with van der Waals surface area (Å²) >= 11 is 0.939. The van der Waals surface area contributed by atoms with Crippen molar-refractivity contribution in [3.8, 4) is 5.75 Å². The number of anilines is 1. The molecule has 4 atom stereocenters. The Bertz CT molecular complexity index is 1770. The lowest BCUT2D eigenvalue weighted by Gasteiger charge is -2.43. The Labute approximate surface area is 270 Å². The van der Waals surface area contributed by atoms with Crippen LogP contribution in [-0.4, -0.2) is 115 Å². The maximum absolute atomic E-state index is 13.3. The number of nitrogen functional groups attached to an aromatic ring is 1. The number of oxime groups is 1. The van der Waals surface area contributed by atoms with Crippen molar-refractivity contribution < 1.29 is 42.0 Å². The van der Waals surface area contributed by atoms with Gasteiger partial charge in [0.2, 0.25) is 0 Å². The topological polar surface area (TPSA) is 292 Å². The second kappa shape index (κ2) is 14.1. The van der Waals surface area contributed by atoms with Gasteiger partial charge in [-0.25, -0.2) is 19.1 Å². The fourth-order valence-electron chi connectivity index (χ4n) is 4.65. The quantitative estimate of drug-likeness (QED) is 0.0345. The number of aromatic nitrogens is 4. The van der Waals surface area contributed by atoms with Crippen LogP contribution < -0.4 is 26.8 Å². The van der Waals surface area contributed by atoms with Crippen LogP contribution in [0.1, 0.15) is 17.7 Å². The van der Waals surface area contributed by atoms with E-state index in [-0.39, 0.29) is 27.7 Å². The lowest BCUT2D eigenvalue weighted by atomic mass is 9.98. The third-order valence-electron chi connectivity index (χ3n) is 6.98. The highest BCUT2D eigenvalue weighted by atomic mass is 32.2. The summed E-state index contributed by atoms with van der Waals surface area (Å²) in [5.41, 5.74) is 11.8. The molecule has 0 aliphatic carbocycles. The number of carbonyl (C=O) groups is 3. The average Bonchev–Trinajstić information content (AvgIpc) is 3.81. The number of thiazole rings is 1. The molecular weight excluding hydrogens is 662 g/mol. The molecule has 2 aliphatic rings. The maximum atomic E-state index is 13.3. The van der Waals surface area contributed by atoms with Gasteiger partial charge in [0.05, 0.1) is 18.6 Å². The minimum Gasteiger partial charge on any atom is -0.489 e. The molecule has 2 saturated heterocycles. The highest BCUT2D eigenvalue weighted by Gasteiger charge is 2.54. The van der Waals surface area contributed by atoms with Crippen molar-refractivity contribution in [1.82, 2.24) is 34.7 Å². The molecule has 0 spiro atoms. The number of ether oxygens (including phenoxy) is 1. The first kappa shape index (κ1) is 33.2. The van der Waals surface area contributed by atoms with Crippen LogP contribution in [0.2, 0.25) is 0 Å². The molecule has 2 aromatic heterocycles. The van der Waals surface area contributed by atoms with Gasteiger partial charge in [0.25, 0.3) is 17.9 Å². The van der Waals surface area contributed by atoms with E-state index in [1.807, 2.05) is 0 Å². The number of amidine groups is 1. The number of benzene rings is 1. The Morgan fingerprint density at radius 2 is 2.04 bits per heavy atom. The number of carboxylic acid groups (broad SMARTS) is 1. The van der Waals surface area contributed by atoms with E-state index in [4.69, 9.17) is 21.0 Å². The summed E-state index contributed by atoms with van der Waals surface area (Å²) in [5, 5.41) is 24.2. The van der Waals surface area contributed by atoms with Crippen LogP contribution in [-0.2, 0) is 36.1 Å². The van der Waals surface area contributed by atoms with E-state index in [0.29, 0.717) is 17.1 Å². The van der Waals surface area contributed by atoms with E-state index in [1.165, 1.54) is 22.7 Å². The van der Waals surface area contributed by atoms with Gasteiger partial charge in [-0.3, -0.25) is 23.8 Å². The van der Waals surface area contributed by atoms with E-state index < -0.39 is 58.6 Å². The summed E-state index contributed by atoms with van der Waals surface area (Å²) in [6.07, 6.45) is 1.58. The molecule has 0 bridgehead atoms. The van der Waals surface area contributed by atoms with Gasteiger partial charge in [-0.15, -0.1) is 11.3 Å². The number of hydrogen-bond acceptors (Lipinski definition) is 15. The van der Waals surface area contributed by atoms with Gasteiger partial charge in [0, 0.05) is 17.5 Å². The molecule has 2 amide bonds. The van der Waals surface area contributed by atoms with Crippen molar-refractivity contribution in [2.24, 2.45) is 15.9 Å². The Balaban J connectivity index is 1.28. The van der Waals surface area contributed by atoms with Crippen LogP contribution >= 0.6 is 11.3 Å². The zero-order valence-electron chi connectivity index (χ0n) is 24.2. The zero-order chi connectivity index (χ0) is 33.7. The number of nitrogens with one attached hydrogen (secondary N) is 2.